The maximum atomic E-state index is 12.6. The Labute approximate surface area is 142 Å². The number of hydrogen-bond acceptors (Lipinski definition) is 4. The summed E-state index contributed by atoms with van der Waals surface area (Å²) in [7, 11) is 0. The van der Waals surface area contributed by atoms with Crippen molar-refractivity contribution in [3.05, 3.63) is 23.8 Å². The molecule has 0 unspecified atom stereocenters. The zero-order valence-corrected chi connectivity index (χ0v) is 14.2. The molecule has 1 saturated carbocycles. The summed E-state index contributed by atoms with van der Waals surface area (Å²) in [5.74, 6) is 1.03. The molecule has 1 aromatic heterocycles. The van der Waals surface area contributed by atoms with Gasteiger partial charge in [-0.1, -0.05) is 0 Å². The molecule has 1 aromatic rings. The van der Waals surface area contributed by atoms with E-state index in [1.54, 1.807) is 12.4 Å². The van der Waals surface area contributed by atoms with Crippen molar-refractivity contribution in [3.63, 3.8) is 0 Å². The Hall–Kier alpha value is -1.98. The first-order valence-electron chi connectivity index (χ1n) is 8.94. The molecule has 3 aliphatic rings. The van der Waals surface area contributed by atoms with E-state index in [4.69, 9.17) is 0 Å². The van der Waals surface area contributed by atoms with Crippen LogP contribution in [-0.2, 0) is 4.79 Å². The Kier molecular flexibility index (Phi) is 3.77. The van der Waals surface area contributed by atoms with Gasteiger partial charge in [-0.25, -0.2) is 9.97 Å². The maximum Gasteiger partial charge on any atom is 0.256 e. The van der Waals surface area contributed by atoms with Crippen LogP contribution in [0.5, 0.6) is 0 Å². The number of hydrogen-bond donors (Lipinski definition) is 0. The molecule has 24 heavy (non-hydrogen) atoms. The Morgan fingerprint density at radius 2 is 1.83 bits per heavy atom. The van der Waals surface area contributed by atoms with Gasteiger partial charge in [-0.15, -0.1) is 0 Å². The lowest BCUT2D eigenvalue weighted by molar-refractivity contribution is -0.139. The second kappa shape index (κ2) is 5.83. The van der Waals surface area contributed by atoms with E-state index in [1.165, 1.54) is 12.8 Å². The number of aromatic nitrogens is 2. The highest BCUT2D eigenvalue weighted by Gasteiger charge is 2.45. The molecule has 3 heterocycles. The van der Waals surface area contributed by atoms with Crippen LogP contribution >= 0.6 is 0 Å². The summed E-state index contributed by atoms with van der Waals surface area (Å²) in [4.78, 5) is 37.0. The fourth-order valence-corrected chi connectivity index (χ4v) is 4.04. The van der Waals surface area contributed by atoms with Crippen LogP contribution in [0.25, 0.3) is 0 Å². The smallest absolute Gasteiger partial charge is 0.256 e. The molecule has 128 valence electrons. The van der Waals surface area contributed by atoms with E-state index >= 15 is 0 Å². The van der Waals surface area contributed by atoms with Crippen LogP contribution in [-0.4, -0.2) is 57.3 Å². The lowest BCUT2D eigenvalue weighted by Crippen LogP contribution is -2.52. The first-order chi connectivity index (χ1) is 11.6. The second-order valence-corrected chi connectivity index (χ2v) is 7.56. The van der Waals surface area contributed by atoms with Crippen LogP contribution in [0.2, 0.25) is 0 Å². The monoisotopic (exact) mass is 328 g/mol. The summed E-state index contributed by atoms with van der Waals surface area (Å²) in [5.41, 5.74) is 0.784. The minimum atomic E-state index is 0.0239. The van der Waals surface area contributed by atoms with Gasteiger partial charge in [0.15, 0.2) is 0 Å². The third-order valence-corrected chi connectivity index (χ3v) is 5.82. The first-order valence-corrected chi connectivity index (χ1v) is 8.94. The Balaban J connectivity index is 1.40. The van der Waals surface area contributed by atoms with Gasteiger partial charge in [-0.05, 0) is 44.4 Å². The molecule has 2 amide bonds. The van der Waals surface area contributed by atoms with E-state index in [1.807, 2.05) is 11.8 Å². The minimum Gasteiger partial charge on any atom is -0.339 e. The molecule has 0 atom stereocenters. The zero-order valence-electron chi connectivity index (χ0n) is 14.2. The highest BCUT2D eigenvalue weighted by atomic mass is 16.2. The van der Waals surface area contributed by atoms with Crippen molar-refractivity contribution in [2.24, 2.45) is 5.41 Å². The molecule has 1 aliphatic carbocycles. The number of nitrogens with zero attached hydrogens (tertiary/aromatic N) is 4. The molecule has 2 aliphatic heterocycles. The number of likely N-dealkylation sites (tertiary alicyclic amines) is 2. The quantitative estimate of drug-likeness (QED) is 0.830. The number of carbonyl (C=O) groups is 2. The van der Waals surface area contributed by atoms with Crippen molar-refractivity contribution in [1.29, 1.82) is 0 Å². The average molecular weight is 328 g/mol. The number of amides is 2. The third kappa shape index (κ3) is 2.89. The number of carbonyl (C=O) groups excluding carboxylic acids is 2. The molecule has 1 spiro atoms. The van der Waals surface area contributed by atoms with Crippen molar-refractivity contribution in [1.82, 2.24) is 19.8 Å². The zero-order chi connectivity index (χ0) is 16.7. The van der Waals surface area contributed by atoms with Crippen LogP contribution in [0.15, 0.2) is 12.4 Å². The Morgan fingerprint density at radius 3 is 2.46 bits per heavy atom. The molecule has 2 saturated heterocycles. The summed E-state index contributed by atoms with van der Waals surface area (Å²) in [6, 6.07) is 0.499. The molecule has 0 radical (unpaired) electrons. The Bertz CT molecular complexity index is 645. The molecule has 6 heteroatoms. The molecular weight excluding hydrogens is 304 g/mol. The average Bonchev–Trinajstić information content (AvgIpc) is 3.43. The fraction of sp³-hybridized carbons (Fsp3) is 0.667. The van der Waals surface area contributed by atoms with Gasteiger partial charge < -0.3 is 9.80 Å². The van der Waals surface area contributed by atoms with Gasteiger partial charge in [-0.3, -0.25) is 9.59 Å². The highest BCUT2D eigenvalue weighted by molar-refractivity contribution is 5.93. The van der Waals surface area contributed by atoms with Crippen LogP contribution in [0.3, 0.4) is 0 Å². The molecule has 0 N–H and O–H groups in total. The molecule has 0 bridgehead atoms. The van der Waals surface area contributed by atoms with Crippen molar-refractivity contribution in [3.8, 4) is 0 Å². The number of aryl methyl sites for hydroxylation is 1. The van der Waals surface area contributed by atoms with Crippen LogP contribution < -0.4 is 0 Å². The summed E-state index contributed by atoms with van der Waals surface area (Å²) < 4.78 is 0. The summed E-state index contributed by atoms with van der Waals surface area (Å²) in [6.07, 6.45) is 9.19. The lowest BCUT2D eigenvalue weighted by atomic mass is 9.72. The van der Waals surface area contributed by atoms with Gasteiger partial charge in [0, 0.05) is 44.5 Å². The van der Waals surface area contributed by atoms with E-state index in [0.717, 1.165) is 38.9 Å². The van der Waals surface area contributed by atoms with Gasteiger partial charge in [0.2, 0.25) is 5.91 Å². The summed E-state index contributed by atoms with van der Waals surface area (Å²) in [6.45, 7) is 4.24. The van der Waals surface area contributed by atoms with Gasteiger partial charge >= 0.3 is 0 Å². The largest absolute Gasteiger partial charge is 0.339 e. The lowest BCUT2D eigenvalue weighted by Gasteiger charge is -2.47. The van der Waals surface area contributed by atoms with Crippen LogP contribution in [0.4, 0.5) is 0 Å². The number of rotatable bonds is 2. The molecule has 3 fully saturated rings. The van der Waals surface area contributed by atoms with Crippen molar-refractivity contribution >= 4 is 11.8 Å². The van der Waals surface area contributed by atoms with Crippen molar-refractivity contribution in [2.75, 3.05) is 19.6 Å². The van der Waals surface area contributed by atoms with E-state index in [-0.39, 0.29) is 11.3 Å². The normalized spacial score (nSPS) is 23.6. The summed E-state index contributed by atoms with van der Waals surface area (Å²) >= 11 is 0. The predicted octanol–water partition coefficient (Wildman–Crippen LogP) is 1.79. The topological polar surface area (TPSA) is 66.4 Å². The maximum absolute atomic E-state index is 12.6. The predicted molar refractivity (Wildman–Crippen MR) is 88.3 cm³/mol. The molecule has 0 aromatic carbocycles. The SMILES string of the molecule is Cc1ncc(C(=O)N2CCC3(CCC(=O)N(C4CC4)C3)CC2)cn1. The van der Waals surface area contributed by atoms with E-state index < -0.39 is 0 Å². The molecule has 4 rings (SSSR count). The highest BCUT2D eigenvalue weighted by Crippen LogP contribution is 2.43. The fourth-order valence-electron chi connectivity index (χ4n) is 4.04. The third-order valence-electron chi connectivity index (χ3n) is 5.82. The van der Waals surface area contributed by atoms with Crippen molar-refractivity contribution in [2.45, 2.75) is 51.5 Å². The first kappa shape index (κ1) is 15.5. The number of piperidine rings is 2. The van der Waals surface area contributed by atoms with E-state index in [9.17, 15) is 9.59 Å². The standard InChI is InChI=1S/C18H24N4O2/c1-13-19-10-14(11-20-13)17(24)21-8-6-18(7-9-21)5-4-16(23)22(12-18)15-2-3-15/h10-11,15H,2-9,12H2,1H3. The Morgan fingerprint density at radius 1 is 1.17 bits per heavy atom. The van der Waals surface area contributed by atoms with Crippen molar-refractivity contribution < 1.29 is 9.59 Å². The molecular formula is C18H24N4O2. The van der Waals surface area contributed by atoms with Crippen LogP contribution in [0.1, 0.15) is 54.7 Å². The van der Waals surface area contributed by atoms with Crippen LogP contribution in [0, 0.1) is 12.3 Å². The van der Waals surface area contributed by atoms with Gasteiger partial charge in [0.05, 0.1) is 5.56 Å². The van der Waals surface area contributed by atoms with Gasteiger partial charge in [0.25, 0.3) is 5.91 Å². The van der Waals surface area contributed by atoms with E-state index in [2.05, 4.69) is 14.9 Å². The van der Waals surface area contributed by atoms with Gasteiger partial charge in [0.1, 0.15) is 5.82 Å². The minimum absolute atomic E-state index is 0.0239. The van der Waals surface area contributed by atoms with Gasteiger partial charge in [-0.2, -0.15) is 0 Å². The van der Waals surface area contributed by atoms with E-state index in [0.29, 0.717) is 29.8 Å². The molecule has 6 nitrogen and oxygen atoms in total. The summed E-state index contributed by atoms with van der Waals surface area (Å²) in [5, 5.41) is 0. The second-order valence-electron chi connectivity index (χ2n) is 7.56.